The third-order valence-corrected chi connectivity index (χ3v) is 6.05. The van der Waals surface area contributed by atoms with Gasteiger partial charge in [0.15, 0.2) is 0 Å². The zero-order chi connectivity index (χ0) is 20.0. The molecule has 1 aliphatic rings. The molecule has 28 heavy (non-hydrogen) atoms. The van der Waals surface area contributed by atoms with Crippen LogP contribution in [0.3, 0.4) is 0 Å². The van der Waals surface area contributed by atoms with Crippen LogP contribution in [0.5, 0.6) is 0 Å². The molecule has 0 saturated carbocycles. The maximum Gasteiger partial charge on any atom is 0.338 e. The van der Waals surface area contributed by atoms with Crippen molar-refractivity contribution in [2.45, 2.75) is 37.6 Å². The van der Waals surface area contributed by atoms with Crippen molar-refractivity contribution in [1.82, 2.24) is 9.71 Å². The quantitative estimate of drug-likeness (QED) is 0.715. The minimum Gasteiger partial charge on any atom is -0.462 e. The Morgan fingerprint density at radius 2 is 1.82 bits per heavy atom. The fourth-order valence-electron chi connectivity index (χ4n) is 3.08. The topological polar surface area (TPSA) is 88.6 Å². The van der Waals surface area contributed by atoms with E-state index in [0.717, 1.165) is 24.5 Å². The maximum atomic E-state index is 12.5. The van der Waals surface area contributed by atoms with Gasteiger partial charge < -0.3 is 9.64 Å². The molecule has 1 fully saturated rings. The zero-order valence-electron chi connectivity index (χ0n) is 15.9. The van der Waals surface area contributed by atoms with Crippen LogP contribution in [0.1, 0.15) is 42.1 Å². The number of pyridine rings is 1. The number of anilines is 1. The van der Waals surface area contributed by atoms with Crippen molar-refractivity contribution in [2.24, 2.45) is 0 Å². The van der Waals surface area contributed by atoms with Gasteiger partial charge in [-0.25, -0.2) is 22.9 Å². The Balaban J connectivity index is 1.60. The molecule has 7 nitrogen and oxygen atoms in total. The second-order valence-corrected chi connectivity index (χ2v) is 8.41. The Bertz CT molecular complexity index is 890. The molecule has 1 aliphatic heterocycles. The number of esters is 1. The van der Waals surface area contributed by atoms with Crippen LogP contribution in [0.2, 0.25) is 0 Å². The van der Waals surface area contributed by atoms with Crippen molar-refractivity contribution in [3.8, 4) is 0 Å². The predicted octanol–water partition coefficient (Wildman–Crippen LogP) is 2.73. The molecule has 0 atom stereocenters. The highest BCUT2D eigenvalue weighted by Gasteiger charge is 2.16. The number of hydrogen-bond acceptors (Lipinski definition) is 6. The van der Waals surface area contributed by atoms with Crippen LogP contribution in [-0.4, -0.2) is 39.1 Å². The van der Waals surface area contributed by atoms with Gasteiger partial charge in [0.2, 0.25) is 10.0 Å². The van der Waals surface area contributed by atoms with Crippen molar-refractivity contribution in [3.63, 3.8) is 0 Å². The number of rotatable bonds is 7. The van der Waals surface area contributed by atoms with Crippen molar-refractivity contribution < 1.29 is 17.9 Å². The van der Waals surface area contributed by atoms with Crippen LogP contribution >= 0.6 is 0 Å². The SMILES string of the molecule is CCOC(=O)c1ccc(S(=O)(=O)NCc2ccc(N3CCCCC3)nc2)cc1. The van der Waals surface area contributed by atoms with Crippen LogP contribution in [0.4, 0.5) is 5.82 Å². The predicted molar refractivity (Wildman–Crippen MR) is 107 cm³/mol. The largest absolute Gasteiger partial charge is 0.462 e. The van der Waals surface area contributed by atoms with Gasteiger partial charge >= 0.3 is 5.97 Å². The van der Waals surface area contributed by atoms with E-state index in [4.69, 9.17) is 4.74 Å². The van der Waals surface area contributed by atoms with Gasteiger partial charge in [0, 0.05) is 25.8 Å². The van der Waals surface area contributed by atoms with Crippen LogP contribution in [-0.2, 0) is 21.3 Å². The fraction of sp³-hybridized carbons (Fsp3) is 0.400. The standard InChI is InChI=1S/C20H25N3O4S/c1-2-27-20(24)17-7-9-18(10-8-17)28(25,26)22-15-16-6-11-19(21-14-16)23-12-4-3-5-13-23/h6-11,14,22H,2-5,12-13,15H2,1H3. The first-order valence-electron chi connectivity index (χ1n) is 9.46. The summed E-state index contributed by atoms with van der Waals surface area (Å²) >= 11 is 0. The molecule has 0 amide bonds. The molecular weight excluding hydrogens is 378 g/mol. The van der Waals surface area contributed by atoms with Crippen molar-refractivity contribution in [3.05, 3.63) is 53.7 Å². The Kier molecular flexibility index (Phi) is 6.64. The van der Waals surface area contributed by atoms with Gasteiger partial charge in [-0.2, -0.15) is 0 Å². The lowest BCUT2D eigenvalue weighted by Gasteiger charge is -2.27. The first-order valence-corrected chi connectivity index (χ1v) is 10.9. The number of sulfonamides is 1. The molecule has 2 heterocycles. The van der Waals surface area contributed by atoms with E-state index in [0.29, 0.717) is 5.56 Å². The van der Waals surface area contributed by atoms with Gasteiger partial charge in [0.05, 0.1) is 17.1 Å². The summed E-state index contributed by atoms with van der Waals surface area (Å²) in [5.41, 5.74) is 1.10. The molecule has 1 saturated heterocycles. The first-order chi connectivity index (χ1) is 13.5. The maximum absolute atomic E-state index is 12.5. The Morgan fingerprint density at radius 1 is 1.11 bits per heavy atom. The van der Waals surface area contributed by atoms with Crippen LogP contribution < -0.4 is 9.62 Å². The average Bonchev–Trinajstić information content (AvgIpc) is 2.74. The van der Waals surface area contributed by atoms with E-state index >= 15 is 0 Å². The summed E-state index contributed by atoms with van der Waals surface area (Å²) in [7, 11) is -3.68. The number of aromatic nitrogens is 1. The minimum atomic E-state index is -3.68. The van der Waals surface area contributed by atoms with E-state index in [1.807, 2.05) is 12.1 Å². The molecule has 1 N–H and O–H groups in total. The van der Waals surface area contributed by atoms with Crippen molar-refractivity contribution in [1.29, 1.82) is 0 Å². The molecule has 1 aromatic carbocycles. The number of benzene rings is 1. The minimum absolute atomic E-state index is 0.0958. The van der Waals surface area contributed by atoms with Crippen molar-refractivity contribution >= 4 is 21.8 Å². The Morgan fingerprint density at radius 3 is 2.43 bits per heavy atom. The van der Waals surface area contributed by atoms with Crippen LogP contribution in [0, 0.1) is 0 Å². The monoisotopic (exact) mass is 403 g/mol. The molecule has 150 valence electrons. The van der Waals surface area contributed by atoms with Gasteiger partial charge in [-0.15, -0.1) is 0 Å². The lowest BCUT2D eigenvalue weighted by atomic mass is 10.1. The number of hydrogen-bond donors (Lipinski definition) is 1. The van der Waals surface area contributed by atoms with E-state index in [1.54, 1.807) is 13.1 Å². The number of nitrogens with zero attached hydrogens (tertiary/aromatic N) is 2. The summed E-state index contributed by atoms with van der Waals surface area (Å²) in [6.07, 6.45) is 5.32. The van der Waals surface area contributed by atoms with Crippen LogP contribution in [0.15, 0.2) is 47.5 Å². The van der Waals surface area contributed by atoms with Gasteiger partial charge in [0.1, 0.15) is 5.82 Å². The summed E-state index contributed by atoms with van der Waals surface area (Å²) in [5, 5.41) is 0. The van der Waals surface area contributed by atoms with Crippen molar-refractivity contribution in [2.75, 3.05) is 24.6 Å². The lowest BCUT2D eigenvalue weighted by Crippen LogP contribution is -2.30. The van der Waals surface area contributed by atoms with Gasteiger partial charge in [-0.1, -0.05) is 6.07 Å². The smallest absolute Gasteiger partial charge is 0.338 e. The Labute approximate surface area is 165 Å². The van der Waals surface area contributed by atoms with E-state index in [-0.39, 0.29) is 18.0 Å². The number of carbonyl (C=O) groups excluding carboxylic acids is 1. The highest BCUT2D eigenvalue weighted by atomic mass is 32.2. The second-order valence-electron chi connectivity index (χ2n) is 6.64. The number of piperidine rings is 1. The summed E-state index contributed by atoms with van der Waals surface area (Å²) in [6, 6.07) is 9.51. The molecule has 2 aromatic rings. The summed E-state index contributed by atoms with van der Waals surface area (Å²) in [5.74, 6) is 0.458. The Hall–Kier alpha value is -2.45. The van der Waals surface area contributed by atoms with Gasteiger partial charge in [-0.3, -0.25) is 0 Å². The average molecular weight is 404 g/mol. The summed E-state index contributed by atoms with van der Waals surface area (Å²) in [4.78, 5) is 18.5. The van der Waals surface area contributed by atoms with E-state index < -0.39 is 16.0 Å². The molecule has 0 spiro atoms. The molecule has 1 aromatic heterocycles. The fourth-order valence-corrected chi connectivity index (χ4v) is 4.10. The molecule has 0 unspecified atom stereocenters. The van der Waals surface area contributed by atoms with Gasteiger partial charge in [-0.05, 0) is 62.1 Å². The summed E-state index contributed by atoms with van der Waals surface area (Å²) in [6.45, 7) is 4.16. The lowest BCUT2D eigenvalue weighted by molar-refractivity contribution is 0.0526. The molecule has 0 aliphatic carbocycles. The number of nitrogens with one attached hydrogen (secondary N) is 1. The highest BCUT2D eigenvalue weighted by Crippen LogP contribution is 2.18. The van der Waals surface area contributed by atoms with E-state index in [9.17, 15) is 13.2 Å². The van der Waals surface area contributed by atoms with E-state index in [1.165, 1.54) is 43.5 Å². The third kappa shape index (κ3) is 5.08. The second kappa shape index (κ2) is 9.16. The van der Waals surface area contributed by atoms with Crippen LogP contribution in [0.25, 0.3) is 0 Å². The summed E-state index contributed by atoms with van der Waals surface area (Å²) < 4.78 is 32.4. The normalized spacial score (nSPS) is 14.7. The third-order valence-electron chi connectivity index (χ3n) is 4.63. The molecule has 3 rings (SSSR count). The number of ether oxygens (including phenoxy) is 1. The first kappa shape index (κ1) is 20.3. The molecule has 0 radical (unpaired) electrons. The molecule has 0 bridgehead atoms. The number of carbonyl (C=O) groups is 1. The molecular formula is C20H25N3O4S. The highest BCUT2D eigenvalue weighted by molar-refractivity contribution is 7.89. The molecule has 8 heteroatoms. The van der Waals surface area contributed by atoms with Gasteiger partial charge in [0.25, 0.3) is 0 Å². The van der Waals surface area contributed by atoms with E-state index in [2.05, 4.69) is 14.6 Å². The zero-order valence-corrected chi connectivity index (χ0v) is 16.7.